The summed E-state index contributed by atoms with van der Waals surface area (Å²) in [6.07, 6.45) is 0. The molecular formula is C13H21ClN2. The minimum atomic E-state index is 0.222. The van der Waals surface area contributed by atoms with Gasteiger partial charge in [-0.1, -0.05) is 31.5 Å². The molecule has 0 bridgehead atoms. The molecule has 2 nitrogen and oxygen atoms in total. The zero-order chi connectivity index (χ0) is 12.1. The fourth-order valence-corrected chi connectivity index (χ4v) is 1.95. The van der Waals surface area contributed by atoms with Crippen molar-refractivity contribution in [2.24, 2.45) is 11.7 Å². The molecule has 1 aromatic rings. The Labute approximate surface area is 103 Å². The first-order valence-corrected chi connectivity index (χ1v) is 6.12. The number of nitrogens with two attached hydrogens (primary N) is 1. The molecule has 0 radical (unpaired) electrons. The summed E-state index contributed by atoms with van der Waals surface area (Å²) in [4.78, 5) is 0. The highest BCUT2D eigenvalue weighted by atomic mass is 35.5. The topological polar surface area (TPSA) is 38.0 Å². The summed E-state index contributed by atoms with van der Waals surface area (Å²) in [7, 11) is 0. The summed E-state index contributed by atoms with van der Waals surface area (Å²) >= 11 is 5.94. The van der Waals surface area contributed by atoms with Crippen LogP contribution in [0.4, 0.5) is 0 Å². The van der Waals surface area contributed by atoms with E-state index in [-0.39, 0.29) is 6.04 Å². The first-order chi connectivity index (χ1) is 7.54. The van der Waals surface area contributed by atoms with Gasteiger partial charge in [0, 0.05) is 17.6 Å². The lowest BCUT2D eigenvalue weighted by molar-refractivity contribution is 0.478. The highest BCUT2D eigenvalue weighted by Crippen LogP contribution is 2.21. The normalized spacial score (nSPS) is 13.1. The van der Waals surface area contributed by atoms with Crippen LogP contribution in [0.25, 0.3) is 0 Å². The van der Waals surface area contributed by atoms with Crippen LogP contribution in [-0.4, -0.2) is 13.1 Å². The molecule has 0 aromatic heterocycles. The molecular weight excluding hydrogens is 220 g/mol. The van der Waals surface area contributed by atoms with E-state index in [0.29, 0.717) is 12.5 Å². The van der Waals surface area contributed by atoms with Crippen molar-refractivity contribution >= 4 is 11.6 Å². The quantitative estimate of drug-likeness (QED) is 0.831. The van der Waals surface area contributed by atoms with Gasteiger partial charge in [-0.15, -0.1) is 0 Å². The maximum Gasteiger partial charge on any atom is 0.0447 e. The van der Waals surface area contributed by atoms with Crippen LogP contribution < -0.4 is 11.1 Å². The number of rotatable bonds is 5. The second-order valence-corrected chi connectivity index (χ2v) is 5.03. The summed E-state index contributed by atoms with van der Waals surface area (Å²) in [5.74, 6) is 0.627. The van der Waals surface area contributed by atoms with Gasteiger partial charge in [0.05, 0.1) is 0 Å². The molecule has 0 aliphatic rings. The number of hydrogen-bond acceptors (Lipinski definition) is 2. The van der Waals surface area contributed by atoms with Crippen LogP contribution in [0.15, 0.2) is 18.2 Å². The van der Waals surface area contributed by atoms with E-state index < -0.39 is 0 Å². The van der Waals surface area contributed by atoms with Crippen LogP contribution in [0.1, 0.15) is 31.0 Å². The Hall–Kier alpha value is -0.570. The van der Waals surface area contributed by atoms with Crippen LogP contribution in [0.3, 0.4) is 0 Å². The van der Waals surface area contributed by atoms with Gasteiger partial charge in [0.25, 0.3) is 0 Å². The molecule has 16 heavy (non-hydrogen) atoms. The van der Waals surface area contributed by atoms with Gasteiger partial charge in [-0.25, -0.2) is 0 Å². The van der Waals surface area contributed by atoms with Crippen molar-refractivity contribution in [3.05, 3.63) is 34.3 Å². The maximum absolute atomic E-state index is 5.94. The standard InChI is InChI=1S/C13H21ClN2/c1-9(2)8-16-13(7-15)12-5-4-11(14)6-10(12)3/h4-6,9,13,16H,7-8,15H2,1-3H3. The monoisotopic (exact) mass is 240 g/mol. The van der Waals surface area contributed by atoms with E-state index in [4.69, 9.17) is 17.3 Å². The van der Waals surface area contributed by atoms with Crippen molar-refractivity contribution in [1.29, 1.82) is 0 Å². The van der Waals surface area contributed by atoms with E-state index >= 15 is 0 Å². The first-order valence-electron chi connectivity index (χ1n) is 5.74. The minimum Gasteiger partial charge on any atom is -0.329 e. The first kappa shape index (κ1) is 13.5. The Morgan fingerprint density at radius 3 is 2.56 bits per heavy atom. The third-order valence-electron chi connectivity index (χ3n) is 2.62. The molecule has 0 aliphatic carbocycles. The van der Waals surface area contributed by atoms with Gasteiger partial charge < -0.3 is 11.1 Å². The Balaban J connectivity index is 2.78. The maximum atomic E-state index is 5.94. The van der Waals surface area contributed by atoms with Crippen LogP contribution in [0.2, 0.25) is 5.02 Å². The fourth-order valence-electron chi connectivity index (χ4n) is 1.73. The third kappa shape index (κ3) is 3.78. The van der Waals surface area contributed by atoms with Crippen molar-refractivity contribution in [2.75, 3.05) is 13.1 Å². The van der Waals surface area contributed by atoms with Gasteiger partial charge in [0.1, 0.15) is 0 Å². The Kier molecular flexibility index (Phi) is 5.26. The lowest BCUT2D eigenvalue weighted by Crippen LogP contribution is -2.31. The van der Waals surface area contributed by atoms with Crippen molar-refractivity contribution in [3.63, 3.8) is 0 Å². The number of nitrogens with one attached hydrogen (secondary N) is 1. The highest BCUT2D eigenvalue weighted by molar-refractivity contribution is 6.30. The Morgan fingerprint density at radius 2 is 2.06 bits per heavy atom. The molecule has 0 fully saturated rings. The molecule has 1 atom stereocenters. The van der Waals surface area contributed by atoms with E-state index in [1.165, 1.54) is 11.1 Å². The van der Waals surface area contributed by atoms with E-state index in [1.807, 2.05) is 12.1 Å². The van der Waals surface area contributed by atoms with Gasteiger partial charge in [-0.3, -0.25) is 0 Å². The van der Waals surface area contributed by atoms with Crippen molar-refractivity contribution in [3.8, 4) is 0 Å². The molecule has 1 rings (SSSR count). The minimum absolute atomic E-state index is 0.222. The Bertz CT molecular complexity index is 337. The third-order valence-corrected chi connectivity index (χ3v) is 2.85. The van der Waals surface area contributed by atoms with Crippen molar-refractivity contribution < 1.29 is 0 Å². The van der Waals surface area contributed by atoms with E-state index in [0.717, 1.165) is 11.6 Å². The molecule has 3 heteroatoms. The number of hydrogen-bond donors (Lipinski definition) is 2. The Morgan fingerprint density at radius 1 is 1.38 bits per heavy atom. The summed E-state index contributed by atoms with van der Waals surface area (Å²) < 4.78 is 0. The summed E-state index contributed by atoms with van der Waals surface area (Å²) in [6.45, 7) is 8.03. The molecule has 1 aromatic carbocycles. The predicted octanol–water partition coefficient (Wildman–Crippen LogP) is 2.89. The van der Waals surface area contributed by atoms with Crippen molar-refractivity contribution in [1.82, 2.24) is 5.32 Å². The average molecular weight is 241 g/mol. The smallest absolute Gasteiger partial charge is 0.0447 e. The molecule has 90 valence electrons. The van der Waals surface area contributed by atoms with E-state index in [2.05, 4.69) is 32.2 Å². The van der Waals surface area contributed by atoms with Crippen LogP contribution in [-0.2, 0) is 0 Å². The predicted molar refractivity (Wildman–Crippen MR) is 70.8 cm³/mol. The molecule has 0 saturated carbocycles. The molecule has 3 N–H and O–H groups in total. The second-order valence-electron chi connectivity index (χ2n) is 4.59. The SMILES string of the molecule is Cc1cc(Cl)ccc1C(CN)NCC(C)C. The van der Waals surface area contributed by atoms with Gasteiger partial charge in [0.2, 0.25) is 0 Å². The van der Waals surface area contributed by atoms with Gasteiger partial charge >= 0.3 is 0 Å². The summed E-state index contributed by atoms with van der Waals surface area (Å²) in [5.41, 5.74) is 8.24. The highest BCUT2D eigenvalue weighted by Gasteiger charge is 2.11. The number of benzene rings is 1. The van der Waals surface area contributed by atoms with Gasteiger partial charge in [-0.05, 0) is 42.6 Å². The molecule has 0 aliphatic heterocycles. The van der Waals surface area contributed by atoms with E-state index in [1.54, 1.807) is 0 Å². The zero-order valence-corrected chi connectivity index (χ0v) is 11.0. The number of aryl methyl sites for hydroxylation is 1. The largest absolute Gasteiger partial charge is 0.329 e. The average Bonchev–Trinajstić information content (AvgIpc) is 2.21. The van der Waals surface area contributed by atoms with Crippen molar-refractivity contribution in [2.45, 2.75) is 26.8 Å². The molecule has 0 saturated heterocycles. The fraction of sp³-hybridized carbons (Fsp3) is 0.538. The lowest BCUT2D eigenvalue weighted by atomic mass is 10.0. The van der Waals surface area contributed by atoms with Crippen LogP contribution >= 0.6 is 11.6 Å². The molecule has 0 heterocycles. The summed E-state index contributed by atoms with van der Waals surface area (Å²) in [6, 6.07) is 6.18. The zero-order valence-electron chi connectivity index (χ0n) is 10.3. The molecule has 1 unspecified atom stereocenters. The van der Waals surface area contributed by atoms with Gasteiger partial charge in [-0.2, -0.15) is 0 Å². The summed E-state index contributed by atoms with van der Waals surface area (Å²) in [5, 5.41) is 4.26. The van der Waals surface area contributed by atoms with Gasteiger partial charge in [0.15, 0.2) is 0 Å². The second kappa shape index (κ2) is 6.24. The van der Waals surface area contributed by atoms with Crippen LogP contribution in [0, 0.1) is 12.8 Å². The number of halogens is 1. The lowest BCUT2D eigenvalue weighted by Gasteiger charge is -2.20. The van der Waals surface area contributed by atoms with Crippen LogP contribution in [0.5, 0.6) is 0 Å². The molecule has 0 amide bonds. The molecule has 0 spiro atoms. The van der Waals surface area contributed by atoms with E-state index in [9.17, 15) is 0 Å².